The van der Waals surface area contributed by atoms with E-state index in [1.54, 1.807) is 30.9 Å². The Kier molecular flexibility index (Phi) is 8.53. The second kappa shape index (κ2) is 11.8. The van der Waals surface area contributed by atoms with Crippen LogP contribution >= 0.6 is 11.8 Å². The fourth-order valence-electron chi connectivity index (χ4n) is 4.76. The van der Waals surface area contributed by atoms with Gasteiger partial charge in [-0.25, -0.2) is 4.98 Å². The molecule has 2 aliphatic rings. The first-order valence-electron chi connectivity index (χ1n) is 12.4. The van der Waals surface area contributed by atoms with Gasteiger partial charge in [-0.1, -0.05) is 36.3 Å². The first kappa shape index (κ1) is 24.6. The molecule has 0 unspecified atom stereocenters. The van der Waals surface area contributed by atoms with Crippen molar-refractivity contribution in [2.75, 3.05) is 33.1 Å². The standard InChI is InChI=1S/C26H35N3O4S/c1-32-22-16-20-21(17-23(22)33-2)27-26(34-18-24(30)28-13-8-3-4-9-14-28)29(25(20)31)15-12-19-10-6-5-7-11-19/h10,16-17H,3-9,11-15,18H2,1-2H3. The number of thioether (sulfide) groups is 1. The van der Waals surface area contributed by atoms with Gasteiger partial charge in [0.05, 0.1) is 30.9 Å². The summed E-state index contributed by atoms with van der Waals surface area (Å²) in [4.78, 5) is 33.3. The van der Waals surface area contributed by atoms with Crippen LogP contribution in [0.1, 0.15) is 57.8 Å². The molecule has 0 spiro atoms. The number of rotatable bonds is 8. The number of ether oxygens (including phenoxy) is 2. The van der Waals surface area contributed by atoms with E-state index in [1.165, 1.54) is 43.0 Å². The molecule has 1 aliphatic heterocycles. The number of aromatic nitrogens is 2. The molecule has 0 atom stereocenters. The van der Waals surface area contributed by atoms with Gasteiger partial charge in [0.1, 0.15) is 0 Å². The molecule has 0 bridgehead atoms. The molecule has 4 rings (SSSR count). The molecule has 1 amide bonds. The maximum Gasteiger partial charge on any atom is 0.262 e. The fraction of sp³-hybridized carbons (Fsp3) is 0.577. The van der Waals surface area contributed by atoms with E-state index in [2.05, 4.69) is 6.08 Å². The number of methoxy groups -OCH3 is 2. The highest BCUT2D eigenvalue weighted by Gasteiger charge is 2.20. The third-order valence-electron chi connectivity index (χ3n) is 6.75. The van der Waals surface area contributed by atoms with Crippen LogP contribution in [0.4, 0.5) is 0 Å². The lowest BCUT2D eigenvalue weighted by Gasteiger charge is -2.21. The summed E-state index contributed by atoms with van der Waals surface area (Å²) in [6.45, 7) is 2.20. The van der Waals surface area contributed by atoms with Gasteiger partial charge in [-0.2, -0.15) is 0 Å². The number of carbonyl (C=O) groups is 1. The average Bonchev–Trinajstić information content (AvgIpc) is 3.16. The molecule has 8 heteroatoms. The van der Waals surface area contributed by atoms with Gasteiger partial charge in [0.2, 0.25) is 5.91 Å². The average molecular weight is 486 g/mol. The van der Waals surface area contributed by atoms with Crippen molar-refractivity contribution in [3.05, 3.63) is 34.1 Å². The summed E-state index contributed by atoms with van der Waals surface area (Å²) in [5.41, 5.74) is 1.86. The topological polar surface area (TPSA) is 73.7 Å². The lowest BCUT2D eigenvalue weighted by Crippen LogP contribution is -2.33. The van der Waals surface area contributed by atoms with Crippen molar-refractivity contribution in [2.24, 2.45) is 0 Å². The van der Waals surface area contributed by atoms with Gasteiger partial charge >= 0.3 is 0 Å². The lowest BCUT2D eigenvalue weighted by molar-refractivity contribution is -0.128. The summed E-state index contributed by atoms with van der Waals surface area (Å²) in [6, 6.07) is 3.45. The molecule has 34 heavy (non-hydrogen) atoms. The van der Waals surface area contributed by atoms with E-state index in [1.807, 2.05) is 4.90 Å². The first-order chi connectivity index (χ1) is 16.6. The van der Waals surface area contributed by atoms with E-state index in [0.29, 0.717) is 34.1 Å². The van der Waals surface area contributed by atoms with Gasteiger partial charge < -0.3 is 14.4 Å². The van der Waals surface area contributed by atoms with Crippen LogP contribution in [0.25, 0.3) is 10.9 Å². The molecule has 0 N–H and O–H groups in total. The SMILES string of the molecule is COc1cc2nc(SCC(=O)N3CCCCCC3)n(CCC3=CCCCC3)c(=O)c2cc1OC. The minimum atomic E-state index is -0.105. The van der Waals surface area contributed by atoms with Crippen molar-refractivity contribution in [3.8, 4) is 11.5 Å². The highest BCUT2D eigenvalue weighted by Crippen LogP contribution is 2.31. The molecule has 1 aromatic carbocycles. The van der Waals surface area contributed by atoms with Crippen molar-refractivity contribution in [2.45, 2.75) is 69.5 Å². The van der Waals surface area contributed by atoms with Gasteiger partial charge in [-0.15, -0.1) is 0 Å². The van der Waals surface area contributed by atoms with Crippen LogP contribution in [0, 0.1) is 0 Å². The number of amides is 1. The number of nitrogens with zero attached hydrogens (tertiary/aromatic N) is 3. The largest absolute Gasteiger partial charge is 0.493 e. The number of benzene rings is 1. The fourth-order valence-corrected chi connectivity index (χ4v) is 5.69. The Morgan fingerprint density at radius 2 is 1.76 bits per heavy atom. The van der Waals surface area contributed by atoms with Crippen LogP contribution in [-0.4, -0.2) is 53.4 Å². The van der Waals surface area contributed by atoms with Crippen molar-refractivity contribution < 1.29 is 14.3 Å². The summed E-state index contributed by atoms with van der Waals surface area (Å²) in [5.74, 6) is 1.44. The quantitative estimate of drug-likeness (QED) is 0.304. The molecule has 2 aromatic rings. The molecule has 0 radical (unpaired) electrons. The Morgan fingerprint density at radius 1 is 1.03 bits per heavy atom. The van der Waals surface area contributed by atoms with Gasteiger partial charge in [0, 0.05) is 25.7 Å². The highest BCUT2D eigenvalue weighted by atomic mass is 32.2. The Labute approximate surface area is 205 Å². The molecule has 0 saturated carbocycles. The van der Waals surface area contributed by atoms with E-state index in [-0.39, 0.29) is 17.2 Å². The third kappa shape index (κ3) is 5.77. The Balaban J connectivity index is 1.64. The summed E-state index contributed by atoms with van der Waals surface area (Å²) in [7, 11) is 3.13. The Hall–Kier alpha value is -2.48. The van der Waals surface area contributed by atoms with Crippen LogP contribution in [0.5, 0.6) is 11.5 Å². The number of fused-ring (bicyclic) bond motifs is 1. The van der Waals surface area contributed by atoms with Crippen LogP contribution in [0.3, 0.4) is 0 Å². The number of likely N-dealkylation sites (tertiary alicyclic amines) is 1. The van der Waals surface area contributed by atoms with E-state index in [9.17, 15) is 9.59 Å². The molecular weight excluding hydrogens is 450 g/mol. The molecule has 1 aliphatic carbocycles. The number of hydrogen-bond acceptors (Lipinski definition) is 6. The zero-order chi connectivity index (χ0) is 23.9. The van der Waals surface area contributed by atoms with Crippen LogP contribution in [0.2, 0.25) is 0 Å². The number of hydrogen-bond donors (Lipinski definition) is 0. The maximum absolute atomic E-state index is 13.6. The van der Waals surface area contributed by atoms with Crippen molar-refractivity contribution in [3.63, 3.8) is 0 Å². The predicted molar refractivity (Wildman–Crippen MR) is 136 cm³/mol. The predicted octanol–water partition coefficient (Wildman–Crippen LogP) is 4.80. The zero-order valence-electron chi connectivity index (χ0n) is 20.3. The number of carbonyl (C=O) groups excluding carboxylic acids is 1. The Morgan fingerprint density at radius 3 is 2.44 bits per heavy atom. The molecule has 2 heterocycles. The molecule has 1 aromatic heterocycles. The van der Waals surface area contributed by atoms with Gasteiger partial charge in [-0.05, 0) is 51.0 Å². The molecule has 1 fully saturated rings. The minimum Gasteiger partial charge on any atom is -0.493 e. The normalized spacial score (nSPS) is 16.8. The van der Waals surface area contributed by atoms with Crippen LogP contribution < -0.4 is 15.0 Å². The molecular formula is C26H35N3O4S. The number of allylic oxidation sites excluding steroid dienone is 2. The molecule has 184 valence electrons. The summed E-state index contributed by atoms with van der Waals surface area (Å²) in [5, 5.41) is 1.09. The van der Waals surface area contributed by atoms with Gasteiger partial charge in [0.15, 0.2) is 16.7 Å². The minimum absolute atomic E-state index is 0.105. The van der Waals surface area contributed by atoms with Crippen LogP contribution in [-0.2, 0) is 11.3 Å². The van der Waals surface area contributed by atoms with Crippen molar-refractivity contribution in [1.29, 1.82) is 0 Å². The second-order valence-electron chi connectivity index (χ2n) is 9.02. The van der Waals surface area contributed by atoms with Crippen molar-refractivity contribution in [1.82, 2.24) is 14.5 Å². The van der Waals surface area contributed by atoms with E-state index >= 15 is 0 Å². The van der Waals surface area contributed by atoms with Gasteiger partial charge in [-0.3, -0.25) is 14.2 Å². The molecule has 1 saturated heterocycles. The Bertz CT molecular complexity index is 1100. The molecule has 7 nitrogen and oxygen atoms in total. The van der Waals surface area contributed by atoms with E-state index < -0.39 is 0 Å². The second-order valence-corrected chi connectivity index (χ2v) is 9.96. The summed E-state index contributed by atoms with van der Waals surface area (Å²) < 4.78 is 12.6. The first-order valence-corrected chi connectivity index (χ1v) is 13.3. The summed E-state index contributed by atoms with van der Waals surface area (Å²) in [6.07, 6.45) is 12.3. The third-order valence-corrected chi connectivity index (χ3v) is 7.71. The summed E-state index contributed by atoms with van der Waals surface area (Å²) >= 11 is 1.36. The maximum atomic E-state index is 13.6. The highest BCUT2D eigenvalue weighted by molar-refractivity contribution is 7.99. The van der Waals surface area contributed by atoms with E-state index in [0.717, 1.165) is 45.2 Å². The van der Waals surface area contributed by atoms with Gasteiger partial charge in [0.25, 0.3) is 5.56 Å². The van der Waals surface area contributed by atoms with Crippen molar-refractivity contribution >= 4 is 28.6 Å². The van der Waals surface area contributed by atoms with Crippen LogP contribution in [0.15, 0.2) is 33.7 Å². The monoisotopic (exact) mass is 485 g/mol. The zero-order valence-corrected chi connectivity index (χ0v) is 21.1. The smallest absolute Gasteiger partial charge is 0.262 e. The van der Waals surface area contributed by atoms with E-state index in [4.69, 9.17) is 14.5 Å². The lowest BCUT2D eigenvalue weighted by atomic mass is 9.97.